The van der Waals surface area contributed by atoms with E-state index in [0.29, 0.717) is 11.0 Å². The summed E-state index contributed by atoms with van der Waals surface area (Å²) in [7, 11) is 0. The van der Waals surface area contributed by atoms with Gasteiger partial charge in [0.25, 0.3) is 17.3 Å². The average Bonchev–Trinajstić information content (AvgIpc) is 2.97. The Kier molecular flexibility index (Phi) is 3.99. The molecule has 0 saturated carbocycles. The van der Waals surface area contributed by atoms with Crippen LogP contribution in [0.1, 0.15) is 27.0 Å². The summed E-state index contributed by atoms with van der Waals surface area (Å²) in [6.45, 7) is 5.20. The first-order chi connectivity index (χ1) is 12.2. The fourth-order valence-corrected chi connectivity index (χ4v) is 2.76. The predicted octanol–water partition coefficient (Wildman–Crippen LogP) is 3.47. The predicted molar refractivity (Wildman–Crippen MR) is 93.4 cm³/mol. The molecule has 0 unspecified atom stereocenters. The normalized spacial score (nSPS) is 10.9. The Labute approximate surface area is 147 Å². The summed E-state index contributed by atoms with van der Waals surface area (Å²) in [6.07, 6.45) is 1.32. The van der Waals surface area contributed by atoms with E-state index in [2.05, 4.69) is 4.98 Å². The summed E-state index contributed by atoms with van der Waals surface area (Å²) in [6, 6.07) is 5.52. The van der Waals surface area contributed by atoms with Gasteiger partial charge in [-0.3, -0.25) is 29.6 Å². The first kappa shape index (κ1) is 17.2. The van der Waals surface area contributed by atoms with Gasteiger partial charge in [-0.2, -0.15) is 0 Å². The number of imidazole rings is 1. The highest BCUT2D eigenvalue weighted by Crippen LogP contribution is 2.29. The number of rotatable bonds is 3. The van der Waals surface area contributed by atoms with Crippen LogP contribution >= 0.6 is 0 Å². The molecule has 1 aromatic heterocycles. The molecule has 0 saturated heterocycles. The summed E-state index contributed by atoms with van der Waals surface area (Å²) < 4.78 is 1.25. The third kappa shape index (κ3) is 2.69. The van der Waals surface area contributed by atoms with Crippen molar-refractivity contribution in [3.05, 3.63) is 73.1 Å². The summed E-state index contributed by atoms with van der Waals surface area (Å²) in [5.41, 5.74) is 2.07. The molecular weight excluding hydrogens is 340 g/mol. The Morgan fingerprint density at radius 3 is 2.27 bits per heavy atom. The minimum atomic E-state index is -0.761. The van der Waals surface area contributed by atoms with Crippen LogP contribution in [0.25, 0.3) is 11.0 Å². The number of benzene rings is 2. The van der Waals surface area contributed by atoms with E-state index < -0.39 is 27.1 Å². The van der Waals surface area contributed by atoms with Gasteiger partial charge < -0.3 is 0 Å². The quantitative estimate of drug-likeness (QED) is 0.524. The van der Waals surface area contributed by atoms with E-state index in [1.54, 1.807) is 6.07 Å². The molecule has 0 fully saturated rings. The van der Waals surface area contributed by atoms with E-state index in [0.717, 1.165) is 23.3 Å². The number of fused-ring (bicyclic) bond motifs is 1. The number of nitro benzene ring substituents is 2. The van der Waals surface area contributed by atoms with Crippen molar-refractivity contribution in [2.45, 2.75) is 20.8 Å². The standard InChI is InChI=1S/C17H14N4O5/c1-9-4-14-16(5-10(9)2)19(8-18-14)17(22)13-6-12(20(23)24)7-15(11(13)3)21(25)26/h4-8H,1-3H3. The molecule has 132 valence electrons. The van der Waals surface area contributed by atoms with Crippen LogP contribution in [0.2, 0.25) is 0 Å². The monoisotopic (exact) mass is 354 g/mol. The number of carbonyl (C=O) groups is 1. The second-order valence-electron chi connectivity index (χ2n) is 6.00. The number of hydrogen-bond acceptors (Lipinski definition) is 6. The second kappa shape index (κ2) is 6.03. The Hall–Kier alpha value is -3.62. The van der Waals surface area contributed by atoms with E-state index in [4.69, 9.17) is 0 Å². The molecular formula is C17H14N4O5. The van der Waals surface area contributed by atoms with E-state index in [1.165, 1.54) is 17.8 Å². The number of hydrogen-bond donors (Lipinski definition) is 0. The zero-order valence-corrected chi connectivity index (χ0v) is 14.2. The molecule has 2 aromatic carbocycles. The number of carbonyl (C=O) groups excluding carboxylic acids is 1. The van der Waals surface area contributed by atoms with Crippen molar-refractivity contribution in [2.75, 3.05) is 0 Å². The molecule has 9 heteroatoms. The van der Waals surface area contributed by atoms with Gasteiger partial charge in [0.1, 0.15) is 6.33 Å². The van der Waals surface area contributed by atoms with Crippen LogP contribution in [0.3, 0.4) is 0 Å². The number of aryl methyl sites for hydroxylation is 2. The van der Waals surface area contributed by atoms with Gasteiger partial charge in [0.2, 0.25) is 0 Å². The van der Waals surface area contributed by atoms with Crippen LogP contribution in [0.15, 0.2) is 30.6 Å². The molecule has 0 bridgehead atoms. The van der Waals surface area contributed by atoms with Crippen molar-refractivity contribution in [1.29, 1.82) is 0 Å². The van der Waals surface area contributed by atoms with Gasteiger partial charge in [-0.15, -0.1) is 0 Å². The van der Waals surface area contributed by atoms with Crippen molar-refractivity contribution in [2.24, 2.45) is 0 Å². The summed E-state index contributed by atoms with van der Waals surface area (Å²) in [4.78, 5) is 38.0. The average molecular weight is 354 g/mol. The first-order valence-electron chi connectivity index (χ1n) is 7.63. The molecule has 9 nitrogen and oxygen atoms in total. The Balaban J connectivity index is 2.24. The first-order valence-corrected chi connectivity index (χ1v) is 7.63. The maximum Gasteiger partial charge on any atom is 0.279 e. The third-order valence-corrected chi connectivity index (χ3v) is 4.38. The highest BCUT2D eigenvalue weighted by Gasteiger charge is 2.26. The van der Waals surface area contributed by atoms with Gasteiger partial charge in [0, 0.05) is 11.6 Å². The van der Waals surface area contributed by atoms with Crippen LogP contribution < -0.4 is 0 Å². The second-order valence-corrected chi connectivity index (χ2v) is 6.00. The molecule has 0 aliphatic heterocycles. The van der Waals surface area contributed by atoms with Crippen LogP contribution in [0.5, 0.6) is 0 Å². The highest BCUT2D eigenvalue weighted by molar-refractivity contribution is 6.03. The van der Waals surface area contributed by atoms with Gasteiger partial charge in [-0.1, -0.05) is 0 Å². The molecule has 1 heterocycles. The summed E-state index contributed by atoms with van der Waals surface area (Å²) in [5, 5.41) is 22.3. The van der Waals surface area contributed by atoms with E-state index >= 15 is 0 Å². The Morgan fingerprint density at radius 2 is 1.65 bits per heavy atom. The molecule has 26 heavy (non-hydrogen) atoms. The fourth-order valence-electron chi connectivity index (χ4n) is 2.76. The highest BCUT2D eigenvalue weighted by atomic mass is 16.6. The molecule has 0 radical (unpaired) electrons. The van der Waals surface area contributed by atoms with Gasteiger partial charge >= 0.3 is 0 Å². The van der Waals surface area contributed by atoms with E-state index in [1.807, 2.05) is 19.9 Å². The fraction of sp³-hybridized carbons (Fsp3) is 0.176. The maximum absolute atomic E-state index is 13.0. The van der Waals surface area contributed by atoms with Crippen molar-refractivity contribution in [3.63, 3.8) is 0 Å². The molecule has 0 spiro atoms. The number of nitro groups is 2. The molecule has 0 N–H and O–H groups in total. The smallest absolute Gasteiger partial charge is 0.268 e. The van der Waals surface area contributed by atoms with Crippen molar-refractivity contribution < 1.29 is 14.6 Å². The van der Waals surface area contributed by atoms with Crippen LogP contribution in [-0.2, 0) is 0 Å². The van der Waals surface area contributed by atoms with Crippen LogP contribution in [0, 0.1) is 41.0 Å². The van der Waals surface area contributed by atoms with Crippen LogP contribution in [-0.4, -0.2) is 25.3 Å². The van der Waals surface area contributed by atoms with Crippen LogP contribution in [0.4, 0.5) is 11.4 Å². The van der Waals surface area contributed by atoms with Gasteiger partial charge in [0.15, 0.2) is 0 Å². The van der Waals surface area contributed by atoms with E-state index in [-0.39, 0.29) is 11.1 Å². The number of non-ortho nitro benzene ring substituents is 1. The van der Waals surface area contributed by atoms with Crippen molar-refractivity contribution >= 4 is 28.3 Å². The SMILES string of the molecule is Cc1cc2ncn(C(=O)c3cc([N+](=O)[O-])cc([N+](=O)[O-])c3C)c2cc1C. The molecule has 0 atom stereocenters. The zero-order valence-electron chi connectivity index (χ0n) is 14.2. The summed E-state index contributed by atoms with van der Waals surface area (Å²) >= 11 is 0. The van der Waals surface area contributed by atoms with E-state index in [9.17, 15) is 25.0 Å². The minimum absolute atomic E-state index is 0.0660. The topological polar surface area (TPSA) is 121 Å². The van der Waals surface area contributed by atoms with Crippen molar-refractivity contribution in [3.8, 4) is 0 Å². The van der Waals surface area contributed by atoms with Gasteiger partial charge in [0.05, 0.1) is 32.5 Å². The maximum atomic E-state index is 13.0. The number of nitrogens with zero attached hydrogens (tertiary/aromatic N) is 4. The third-order valence-electron chi connectivity index (χ3n) is 4.38. The Morgan fingerprint density at radius 1 is 1.00 bits per heavy atom. The Bertz CT molecular complexity index is 1100. The molecule has 0 amide bonds. The lowest BCUT2D eigenvalue weighted by molar-refractivity contribution is -0.394. The summed E-state index contributed by atoms with van der Waals surface area (Å²) in [5.74, 6) is -0.611. The lowest BCUT2D eigenvalue weighted by Crippen LogP contribution is -2.14. The minimum Gasteiger partial charge on any atom is -0.268 e. The van der Waals surface area contributed by atoms with Crippen molar-refractivity contribution in [1.82, 2.24) is 9.55 Å². The lowest BCUT2D eigenvalue weighted by Gasteiger charge is -2.08. The van der Waals surface area contributed by atoms with Gasteiger partial charge in [-0.25, -0.2) is 4.98 Å². The molecule has 0 aliphatic carbocycles. The number of aromatic nitrogens is 2. The molecule has 0 aliphatic rings. The zero-order chi connectivity index (χ0) is 19.2. The molecule has 3 rings (SSSR count). The molecule has 3 aromatic rings. The van der Waals surface area contributed by atoms with Gasteiger partial charge in [-0.05, 0) is 44.0 Å². The lowest BCUT2D eigenvalue weighted by atomic mass is 10.0. The largest absolute Gasteiger partial charge is 0.279 e.